The lowest BCUT2D eigenvalue weighted by molar-refractivity contribution is -0.148. The monoisotopic (exact) mass is 286 g/mol. The third-order valence-corrected chi connectivity index (χ3v) is 5.31. The van der Waals surface area contributed by atoms with E-state index in [2.05, 4.69) is 10.3 Å². The molecule has 0 saturated heterocycles. The molecular formula is C12H18N2O2S2. The topological polar surface area (TPSA) is 51.2 Å². The van der Waals surface area contributed by atoms with Crippen LogP contribution in [0.1, 0.15) is 19.8 Å². The Morgan fingerprint density at radius 2 is 2.50 bits per heavy atom. The maximum absolute atomic E-state index is 12.1. The molecule has 100 valence electrons. The van der Waals surface area contributed by atoms with Crippen LogP contribution in [0, 0.1) is 5.92 Å². The molecule has 1 N–H and O–H groups in total. The van der Waals surface area contributed by atoms with Crippen LogP contribution in [0.2, 0.25) is 0 Å². The Morgan fingerprint density at radius 1 is 1.72 bits per heavy atom. The summed E-state index contributed by atoms with van der Waals surface area (Å²) >= 11 is 3.24. The van der Waals surface area contributed by atoms with Gasteiger partial charge >= 0.3 is 5.97 Å². The van der Waals surface area contributed by atoms with Gasteiger partial charge in [-0.25, -0.2) is 4.98 Å². The second-order valence-corrected chi connectivity index (χ2v) is 6.47. The van der Waals surface area contributed by atoms with Gasteiger partial charge < -0.3 is 10.1 Å². The summed E-state index contributed by atoms with van der Waals surface area (Å²) in [6.45, 7) is 2.79. The number of rotatable bonds is 7. The van der Waals surface area contributed by atoms with Gasteiger partial charge in [0, 0.05) is 17.3 Å². The van der Waals surface area contributed by atoms with E-state index in [-0.39, 0.29) is 5.97 Å². The summed E-state index contributed by atoms with van der Waals surface area (Å²) in [5.74, 6) is 0.944. The summed E-state index contributed by atoms with van der Waals surface area (Å²) in [4.78, 5) is 16.4. The first-order valence-corrected chi connectivity index (χ1v) is 7.95. The van der Waals surface area contributed by atoms with Gasteiger partial charge in [0.1, 0.15) is 9.88 Å². The minimum atomic E-state index is -0.542. The van der Waals surface area contributed by atoms with Gasteiger partial charge in [0.2, 0.25) is 0 Å². The molecule has 18 heavy (non-hydrogen) atoms. The fourth-order valence-corrected chi connectivity index (χ4v) is 4.06. The highest BCUT2D eigenvalue weighted by Crippen LogP contribution is 2.43. The summed E-state index contributed by atoms with van der Waals surface area (Å²) in [7, 11) is 1.46. The lowest BCUT2D eigenvalue weighted by Gasteiger charge is -2.31. The number of hydrogen-bond donors (Lipinski definition) is 1. The Morgan fingerprint density at radius 3 is 3.00 bits per heavy atom. The smallest absolute Gasteiger partial charge is 0.327 e. The molecule has 2 rings (SSSR count). The van der Waals surface area contributed by atoms with Crippen LogP contribution in [0.4, 0.5) is 0 Å². The average Bonchev–Trinajstić information content (AvgIpc) is 3.11. The molecule has 0 aliphatic heterocycles. The van der Waals surface area contributed by atoms with Gasteiger partial charge in [0.15, 0.2) is 0 Å². The maximum Gasteiger partial charge on any atom is 0.327 e. The Kier molecular flexibility index (Phi) is 4.64. The van der Waals surface area contributed by atoms with E-state index in [1.54, 1.807) is 29.3 Å². The summed E-state index contributed by atoms with van der Waals surface area (Å²) < 4.78 is 6.01. The number of nitrogens with zero attached hydrogens (tertiary/aromatic N) is 1. The molecule has 0 amide bonds. The van der Waals surface area contributed by atoms with Gasteiger partial charge in [-0.05, 0) is 25.3 Å². The van der Waals surface area contributed by atoms with Crippen molar-refractivity contribution in [3.05, 3.63) is 11.6 Å². The molecule has 0 spiro atoms. The Bertz CT molecular complexity index is 393. The second-order valence-electron chi connectivity index (χ2n) is 4.35. The van der Waals surface area contributed by atoms with Crippen molar-refractivity contribution in [1.82, 2.24) is 10.3 Å². The number of aromatic nitrogens is 1. The van der Waals surface area contributed by atoms with E-state index >= 15 is 0 Å². The molecule has 1 aromatic rings. The molecule has 1 heterocycles. The van der Waals surface area contributed by atoms with E-state index in [1.807, 2.05) is 12.3 Å². The van der Waals surface area contributed by atoms with Crippen LogP contribution in [-0.4, -0.2) is 35.9 Å². The number of carbonyl (C=O) groups is 1. The van der Waals surface area contributed by atoms with Crippen molar-refractivity contribution in [3.63, 3.8) is 0 Å². The SMILES string of the molecule is CCNC(CSc1nccs1)(C(=O)OC)C1CC1. The summed E-state index contributed by atoms with van der Waals surface area (Å²) in [5.41, 5.74) is -0.542. The van der Waals surface area contributed by atoms with Gasteiger partial charge in [-0.1, -0.05) is 18.7 Å². The van der Waals surface area contributed by atoms with E-state index in [0.717, 1.165) is 23.7 Å². The predicted octanol–water partition coefficient (Wildman–Crippen LogP) is 2.17. The number of likely N-dealkylation sites (N-methyl/N-ethyl adjacent to an activating group) is 1. The first-order valence-electron chi connectivity index (χ1n) is 6.08. The number of nitrogens with one attached hydrogen (secondary N) is 1. The van der Waals surface area contributed by atoms with Crippen LogP contribution in [0.3, 0.4) is 0 Å². The average molecular weight is 286 g/mol. The van der Waals surface area contributed by atoms with E-state index in [4.69, 9.17) is 4.74 Å². The second kappa shape index (κ2) is 6.04. The van der Waals surface area contributed by atoms with Crippen LogP contribution in [0.25, 0.3) is 0 Å². The van der Waals surface area contributed by atoms with Crippen LogP contribution in [0.15, 0.2) is 15.9 Å². The third kappa shape index (κ3) is 2.87. The van der Waals surface area contributed by atoms with Gasteiger partial charge in [0.25, 0.3) is 0 Å². The highest BCUT2D eigenvalue weighted by molar-refractivity contribution is 8.01. The lowest BCUT2D eigenvalue weighted by atomic mass is 9.95. The highest BCUT2D eigenvalue weighted by atomic mass is 32.2. The van der Waals surface area contributed by atoms with Gasteiger partial charge in [-0.3, -0.25) is 4.79 Å². The van der Waals surface area contributed by atoms with Crippen LogP contribution < -0.4 is 5.32 Å². The lowest BCUT2D eigenvalue weighted by Crippen LogP contribution is -2.56. The molecule has 0 radical (unpaired) electrons. The van der Waals surface area contributed by atoms with Crippen molar-refractivity contribution in [2.45, 2.75) is 29.6 Å². The van der Waals surface area contributed by atoms with Crippen molar-refractivity contribution in [1.29, 1.82) is 0 Å². The first-order chi connectivity index (χ1) is 8.73. The fraction of sp³-hybridized carbons (Fsp3) is 0.667. The molecule has 1 unspecified atom stereocenters. The summed E-state index contributed by atoms with van der Waals surface area (Å²) in [6.07, 6.45) is 3.98. The zero-order valence-electron chi connectivity index (χ0n) is 10.6. The maximum atomic E-state index is 12.1. The molecule has 1 aromatic heterocycles. The predicted molar refractivity (Wildman–Crippen MR) is 74.0 cm³/mol. The normalized spacial score (nSPS) is 18.3. The minimum Gasteiger partial charge on any atom is -0.468 e. The zero-order valence-corrected chi connectivity index (χ0v) is 12.3. The molecule has 6 heteroatoms. The van der Waals surface area contributed by atoms with Crippen molar-refractivity contribution < 1.29 is 9.53 Å². The number of carbonyl (C=O) groups excluding carboxylic acids is 1. The van der Waals surface area contributed by atoms with E-state index < -0.39 is 5.54 Å². The van der Waals surface area contributed by atoms with Crippen molar-refractivity contribution in [2.24, 2.45) is 5.92 Å². The Labute approximate surface area is 116 Å². The van der Waals surface area contributed by atoms with Gasteiger partial charge in [-0.2, -0.15) is 0 Å². The third-order valence-electron chi connectivity index (χ3n) is 3.15. The summed E-state index contributed by atoms with van der Waals surface area (Å²) in [6, 6.07) is 0. The fourth-order valence-electron chi connectivity index (χ4n) is 2.14. The molecular weight excluding hydrogens is 268 g/mol. The molecule has 0 bridgehead atoms. The van der Waals surface area contributed by atoms with E-state index in [9.17, 15) is 4.79 Å². The number of hydrogen-bond acceptors (Lipinski definition) is 6. The number of thioether (sulfide) groups is 1. The van der Waals surface area contributed by atoms with Gasteiger partial charge in [0.05, 0.1) is 7.11 Å². The van der Waals surface area contributed by atoms with Crippen molar-refractivity contribution in [3.8, 4) is 0 Å². The number of ether oxygens (including phenoxy) is 1. The quantitative estimate of drug-likeness (QED) is 0.615. The van der Waals surface area contributed by atoms with Crippen LogP contribution in [-0.2, 0) is 9.53 Å². The van der Waals surface area contributed by atoms with Crippen LogP contribution in [0.5, 0.6) is 0 Å². The number of methoxy groups -OCH3 is 1. The Balaban J connectivity index is 2.09. The zero-order chi connectivity index (χ0) is 13.0. The van der Waals surface area contributed by atoms with Crippen molar-refractivity contribution >= 4 is 29.1 Å². The minimum absolute atomic E-state index is 0.143. The first kappa shape index (κ1) is 13.8. The van der Waals surface area contributed by atoms with E-state index in [0.29, 0.717) is 11.7 Å². The molecule has 0 aromatic carbocycles. The molecule has 1 fully saturated rings. The molecule has 4 nitrogen and oxygen atoms in total. The standard InChI is InChI=1S/C12H18N2O2S2/c1-3-14-12(9-4-5-9,10(15)16-2)8-18-11-13-6-7-17-11/h6-7,9,14H,3-5,8H2,1-2H3. The molecule has 1 saturated carbocycles. The number of esters is 1. The van der Waals surface area contributed by atoms with Crippen LogP contribution >= 0.6 is 23.1 Å². The van der Waals surface area contributed by atoms with E-state index in [1.165, 1.54) is 7.11 Å². The highest BCUT2D eigenvalue weighted by Gasteiger charge is 2.51. The molecule has 1 aliphatic carbocycles. The summed E-state index contributed by atoms with van der Waals surface area (Å²) in [5, 5.41) is 5.30. The Hall–Kier alpha value is -0.590. The largest absolute Gasteiger partial charge is 0.468 e. The molecule has 1 aliphatic rings. The van der Waals surface area contributed by atoms with Gasteiger partial charge in [-0.15, -0.1) is 11.3 Å². The van der Waals surface area contributed by atoms with Crippen molar-refractivity contribution in [2.75, 3.05) is 19.4 Å². The molecule has 1 atom stereocenters. The number of thiazole rings is 1.